The molecular weight excluding hydrogens is 459 g/mol. The summed E-state index contributed by atoms with van der Waals surface area (Å²) in [7, 11) is 0. The van der Waals surface area contributed by atoms with E-state index in [2.05, 4.69) is 4.98 Å². The van der Waals surface area contributed by atoms with Crippen LogP contribution in [0, 0.1) is 0 Å². The van der Waals surface area contributed by atoms with E-state index in [0.717, 1.165) is 11.8 Å². The van der Waals surface area contributed by atoms with Crippen LogP contribution in [0.4, 0.5) is 13.2 Å². The van der Waals surface area contributed by atoms with Crippen LogP contribution in [0.15, 0.2) is 78.4 Å². The van der Waals surface area contributed by atoms with Crippen molar-refractivity contribution in [3.05, 3.63) is 94.6 Å². The van der Waals surface area contributed by atoms with Gasteiger partial charge in [0.05, 0.1) is 5.56 Å². The molecule has 0 unspecified atom stereocenters. The van der Waals surface area contributed by atoms with Crippen LogP contribution in [0.25, 0.3) is 21.6 Å². The largest absolute Gasteiger partial charge is 0.488 e. The first-order valence-electron chi connectivity index (χ1n) is 9.44. The molecule has 0 aliphatic carbocycles. The van der Waals surface area contributed by atoms with Gasteiger partial charge in [-0.05, 0) is 41.3 Å². The van der Waals surface area contributed by atoms with Gasteiger partial charge in [-0.15, -0.1) is 11.3 Å². The Bertz CT molecular complexity index is 1260. The van der Waals surface area contributed by atoms with E-state index in [1.54, 1.807) is 29.6 Å². The molecule has 4 rings (SSSR count). The number of hydrogen-bond donors (Lipinski definition) is 0. The second kappa shape index (κ2) is 9.14. The Labute approximate surface area is 191 Å². The molecule has 4 aromatic rings. The van der Waals surface area contributed by atoms with Crippen LogP contribution in [-0.2, 0) is 6.61 Å². The van der Waals surface area contributed by atoms with Crippen LogP contribution in [-0.4, -0.2) is 16.9 Å². The normalized spacial score (nSPS) is 11.4. The Kier molecular flexibility index (Phi) is 6.30. The number of benzene rings is 2. The van der Waals surface area contributed by atoms with Crippen molar-refractivity contribution in [2.24, 2.45) is 0 Å². The molecule has 8 heteroatoms. The highest BCUT2D eigenvalue weighted by Gasteiger charge is 2.41. The van der Waals surface area contributed by atoms with Gasteiger partial charge in [0.1, 0.15) is 12.4 Å². The van der Waals surface area contributed by atoms with Gasteiger partial charge in [-0.1, -0.05) is 41.9 Å². The van der Waals surface area contributed by atoms with Gasteiger partial charge < -0.3 is 4.74 Å². The van der Waals surface area contributed by atoms with Crippen molar-refractivity contribution in [1.82, 2.24) is 4.98 Å². The number of rotatable bonds is 6. The van der Waals surface area contributed by atoms with Gasteiger partial charge in [-0.25, -0.2) is 0 Å². The predicted octanol–water partition coefficient (Wildman–Crippen LogP) is 7.45. The average Bonchev–Trinajstić information content (AvgIpc) is 3.27. The van der Waals surface area contributed by atoms with E-state index in [0.29, 0.717) is 33.4 Å². The van der Waals surface area contributed by atoms with E-state index in [9.17, 15) is 18.0 Å². The molecule has 0 bridgehead atoms. The van der Waals surface area contributed by atoms with Gasteiger partial charge in [0.15, 0.2) is 0 Å². The number of alkyl halides is 3. The number of aromatic nitrogens is 1. The summed E-state index contributed by atoms with van der Waals surface area (Å²) in [6, 6.07) is 17.8. The van der Waals surface area contributed by atoms with Crippen LogP contribution >= 0.6 is 22.9 Å². The van der Waals surface area contributed by atoms with E-state index in [1.807, 2.05) is 30.3 Å². The Morgan fingerprint density at radius 1 is 1.00 bits per heavy atom. The number of carbonyl (C=O) groups excluding carboxylic acids is 1. The fourth-order valence-electron chi connectivity index (χ4n) is 3.23. The number of halogens is 4. The second-order valence-corrected chi connectivity index (χ2v) is 8.18. The van der Waals surface area contributed by atoms with Crippen molar-refractivity contribution in [1.29, 1.82) is 0 Å². The summed E-state index contributed by atoms with van der Waals surface area (Å²) in [5, 5.41) is 2.19. The summed E-state index contributed by atoms with van der Waals surface area (Å²) in [4.78, 5) is 16.2. The predicted molar refractivity (Wildman–Crippen MR) is 119 cm³/mol. The van der Waals surface area contributed by atoms with Crippen LogP contribution < -0.4 is 4.74 Å². The molecule has 0 spiro atoms. The monoisotopic (exact) mass is 473 g/mol. The number of thiophene rings is 1. The minimum Gasteiger partial charge on any atom is -0.488 e. The minimum atomic E-state index is -5.00. The Morgan fingerprint density at radius 3 is 2.53 bits per heavy atom. The Balaban J connectivity index is 1.77. The maximum atomic E-state index is 13.1. The SMILES string of the molecule is O=C(c1cnccc1-c1sccc1-c1cc(Cl)ccc1OCc1ccccc1)C(F)(F)F. The number of nitrogens with zero attached hydrogens (tertiary/aromatic N) is 1. The summed E-state index contributed by atoms with van der Waals surface area (Å²) < 4.78 is 45.5. The molecule has 0 saturated heterocycles. The van der Waals surface area contributed by atoms with Crippen molar-refractivity contribution in [3.8, 4) is 27.3 Å². The molecule has 0 aliphatic rings. The first kappa shape index (κ1) is 22.0. The lowest BCUT2D eigenvalue weighted by Gasteiger charge is -2.14. The molecule has 0 fully saturated rings. The molecule has 0 atom stereocenters. The third-order valence-corrected chi connectivity index (χ3v) is 5.88. The van der Waals surface area contributed by atoms with Crippen LogP contribution in [0.1, 0.15) is 15.9 Å². The van der Waals surface area contributed by atoms with Crippen LogP contribution in [0.3, 0.4) is 0 Å². The van der Waals surface area contributed by atoms with Crippen molar-refractivity contribution < 1.29 is 22.7 Å². The summed E-state index contributed by atoms with van der Waals surface area (Å²) in [6.07, 6.45) is -2.70. The van der Waals surface area contributed by atoms with E-state index in [4.69, 9.17) is 16.3 Å². The third kappa shape index (κ3) is 4.69. The van der Waals surface area contributed by atoms with Gasteiger partial charge in [-0.3, -0.25) is 9.78 Å². The highest BCUT2D eigenvalue weighted by atomic mass is 35.5. The molecule has 2 heterocycles. The van der Waals surface area contributed by atoms with Gasteiger partial charge in [0.2, 0.25) is 0 Å². The first-order valence-corrected chi connectivity index (χ1v) is 10.7. The molecule has 162 valence electrons. The molecule has 0 amide bonds. The molecule has 0 aliphatic heterocycles. The van der Waals surface area contributed by atoms with Gasteiger partial charge >= 0.3 is 6.18 Å². The molecule has 2 aromatic heterocycles. The smallest absolute Gasteiger partial charge is 0.454 e. The van der Waals surface area contributed by atoms with Gasteiger partial charge in [0, 0.05) is 39.0 Å². The number of ketones is 1. The van der Waals surface area contributed by atoms with Gasteiger partial charge in [-0.2, -0.15) is 13.2 Å². The van der Waals surface area contributed by atoms with Crippen molar-refractivity contribution in [2.45, 2.75) is 12.8 Å². The molecular formula is C24H15ClF3NO2S. The lowest BCUT2D eigenvalue weighted by atomic mass is 9.98. The van der Waals surface area contributed by atoms with Crippen molar-refractivity contribution in [2.75, 3.05) is 0 Å². The quantitative estimate of drug-likeness (QED) is 0.273. The fraction of sp³-hybridized carbons (Fsp3) is 0.0833. The maximum Gasteiger partial charge on any atom is 0.454 e. The number of pyridine rings is 1. The van der Waals surface area contributed by atoms with Crippen LogP contribution in [0.5, 0.6) is 5.75 Å². The topological polar surface area (TPSA) is 39.2 Å². The number of ether oxygens (including phenoxy) is 1. The molecule has 0 N–H and O–H groups in total. The highest BCUT2D eigenvalue weighted by molar-refractivity contribution is 7.14. The summed E-state index contributed by atoms with van der Waals surface area (Å²) in [6.45, 7) is 0.308. The molecule has 32 heavy (non-hydrogen) atoms. The number of hydrogen-bond acceptors (Lipinski definition) is 4. The lowest BCUT2D eigenvalue weighted by molar-refractivity contribution is -0.0885. The zero-order valence-electron chi connectivity index (χ0n) is 16.4. The average molecular weight is 474 g/mol. The second-order valence-electron chi connectivity index (χ2n) is 6.83. The standard InChI is InChI=1S/C24H15ClF3NO2S/c25-16-6-7-21(31-14-15-4-2-1-3-5-15)19(12-16)18-9-11-32-22(18)17-8-10-29-13-20(17)23(30)24(26,27)28/h1-13H,14H2. The van der Waals surface area contributed by atoms with Crippen LogP contribution in [0.2, 0.25) is 5.02 Å². The van der Waals surface area contributed by atoms with Gasteiger partial charge in [0.25, 0.3) is 5.78 Å². The Morgan fingerprint density at radius 2 is 1.78 bits per heavy atom. The lowest BCUT2D eigenvalue weighted by Crippen LogP contribution is -2.23. The van der Waals surface area contributed by atoms with E-state index in [1.165, 1.54) is 23.6 Å². The molecule has 2 aromatic carbocycles. The maximum absolute atomic E-state index is 13.1. The molecule has 3 nitrogen and oxygen atoms in total. The van der Waals surface area contributed by atoms with E-state index >= 15 is 0 Å². The minimum absolute atomic E-state index is 0.154. The molecule has 0 radical (unpaired) electrons. The van der Waals surface area contributed by atoms with E-state index < -0.39 is 17.5 Å². The van der Waals surface area contributed by atoms with Crippen molar-refractivity contribution in [3.63, 3.8) is 0 Å². The highest BCUT2D eigenvalue weighted by Crippen LogP contribution is 2.43. The zero-order valence-corrected chi connectivity index (χ0v) is 18.0. The number of Topliss-reactive ketones (excluding diaryl/α,β-unsaturated/α-hetero) is 1. The van der Waals surface area contributed by atoms with Crippen molar-refractivity contribution >= 4 is 28.7 Å². The third-order valence-electron chi connectivity index (χ3n) is 4.70. The van der Waals surface area contributed by atoms with E-state index in [-0.39, 0.29) is 5.56 Å². The Hall–Kier alpha value is -3.16. The summed E-state index contributed by atoms with van der Waals surface area (Å²) in [5.41, 5.74) is 1.85. The zero-order chi connectivity index (χ0) is 22.7. The molecule has 0 saturated carbocycles. The first-order chi connectivity index (χ1) is 15.3. The summed E-state index contributed by atoms with van der Waals surface area (Å²) >= 11 is 7.45. The fourth-order valence-corrected chi connectivity index (χ4v) is 4.35. The summed E-state index contributed by atoms with van der Waals surface area (Å²) in [5.74, 6) is -1.41. The number of carbonyl (C=O) groups is 1.